The molecule has 90 valence electrons. The molecule has 2 rings (SSSR count). The highest BCUT2D eigenvalue weighted by Gasteiger charge is 2.18. The lowest BCUT2D eigenvalue weighted by atomic mass is 10.0. The third kappa shape index (κ3) is 2.30. The largest absolute Gasteiger partial charge is 0.338 e. The summed E-state index contributed by atoms with van der Waals surface area (Å²) in [6.45, 7) is 1.56. The fourth-order valence-corrected chi connectivity index (χ4v) is 1.91. The highest BCUT2D eigenvalue weighted by molar-refractivity contribution is 6.31. The van der Waals surface area contributed by atoms with Gasteiger partial charge < -0.3 is 10.3 Å². The number of nitrogens with two attached hydrogens (primary N) is 1. The van der Waals surface area contributed by atoms with E-state index >= 15 is 0 Å². The van der Waals surface area contributed by atoms with E-state index in [1.165, 1.54) is 6.92 Å². The Balaban J connectivity index is 2.54. The van der Waals surface area contributed by atoms with Gasteiger partial charge in [0.05, 0.1) is 6.54 Å². The van der Waals surface area contributed by atoms with Crippen molar-refractivity contribution in [1.82, 2.24) is 10.1 Å². The maximum atomic E-state index is 13.5. The van der Waals surface area contributed by atoms with Crippen LogP contribution in [0.3, 0.4) is 0 Å². The molecule has 0 radical (unpaired) electrons. The second-order valence-corrected chi connectivity index (χ2v) is 3.94. The summed E-state index contributed by atoms with van der Waals surface area (Å²) in [5, 5.41) is 4.09. The quantitative estimate of drug-likeness (QED) is 0.916. The number of halogens is 2. The Hall–Kier alpha value is -1.46. The molecule has 0 aliphatic rings. The van der Waals surface area contributed by atoms with Crippen molar-refractivity contribution in [3.05, 3.63) is 34.7 Å². The molecule has 6 heteroatoms. The lowest BCUT2D eigenvalue weighted by Crippen LogP contribution is -1.97. The fourth-order valence-electron chi connectivity index (χ4n) is 1.58. The molecule has 1 aromatic carbocycles. The first-order valence-corrected chi connectivity index (χ1v) is 5.46. The van der Waals surface area contributed by atoms with Gasteiger partial charge in [-0.15, -0.1) is 0 Å². The molecule has 17 heavy (non-hydrogen) atoms. The number of hydrogen-bond acceptors (Lipinski definition) is 4. The number of nitrogens with zero attached hydrogens (tertiary/aromatic N) is 2. The zero-order valence-corrected chi connectivity index (χ0v) is 9.91. The topological polar surface area (TPSA) is 64.9 Å². The first kappa shape index (κ1) is 12.0. The molecule has 0 amide bonds. The molecular formula is C11H11ClFN3O. The highest BCUT2D eigenvalue weighted by Crippen LogP contribution is 2.33. The van der Waals surface area contributed by atoms with E-state index < -0.39 is 6.17 Å². The Morgan fingerprint density at radius 2 is 2.29 bits per heavy atom. The molecule has 1 unspecified atom stereocenters. The van der Waals surface area contributed by atoms with Gasteiger partial charge in [-0.1, -0.05) is 28.9 Å². The molecule has 0 saturated heterocycles. The molecule has 2 N–H and O–H groups in total. The third-order valence-electron chi connectivity index (χ3n) is 2.33. The van der Waals surface area contributed by atoms with E-state index in [4.69, 9.17) is 21.9 Å². The molecule has 0 fully saturated rings. The predicted molar refractivity (Wildman–Crippen MR) is 62.2 cm³/mol. The van der Waals surface area contributed by atoms with Crippen LogP contribution in [0.25, 0.3) is 11.4 Å². The fraction of sp³-hybridized carbons (Fsp3) is 0.273. The van der Waals surface area contributed by atoms with E-state index in [1.807, 2.05) is 0 Å². The molecule has 0 bridgehead atoms. The van der Waals surface area contributed by atoms with Crippen LogP contribution in [0.15, 0.2) is 22.7 Å². The van der Waals surface area contributed by atoms with Crippen molar-refractivity contribution >= 4 is 11.6 Å². The van der Waals surface area contributed by atoms with Crippen molar-refractivity contribution in [3.8, 4) is 11.4 Å². The Kier molecular flexibility index (Phi) is 3.40. The van der Waals surface area contributed by atoms with Crippen molar-refractivity contribution in [2.45, 2.75) is 19.6 Å². The summed E-state index contributed by atoms with van der Waals surface area (Å²) in [4.78, 5) is 4.06. The Labute approximate surface area is 103 Å². The molecule has 0 spiro atoms. The molecule has 2 aromatic rings. The van der Waals surface area contributed by atoms with Gasteiger partial charge in [-0.25, -0.2) is 4.39 Å². The number of alkyl halides is 1. The molecule has 0 aliphatic heterocycles. The van der Waals surface area contributed by atoms with Crippen LogP contribution in [0, 0.1) is 0 Å². The van der Waals surface area contributed by atoms with Gasteiger partial charge in [-0.3, -0.25) is 0 Å². The van der Waals surface area contributed by atoms with E-state index in [2.05, 4.69) is 10.1 Å². The predicted octanol–water partition coefficient (Wildman–Crippen LogP) is 2.88. The van der Waals surface area contributed by atoms with Gasteiger partial charge in [0.15, 0.2) is 0 Å². The van der Waals surface area contributed by atoms with E-state index in [-0.39, 0.29) is 6.54 Å². The first-order valence-electron chi connectivity index (χ1n) is 5.09. The Morgan fingerprint density at radius 1 is 1.53 bits per heavy atom. The normalized spacial score (nSPS) is 12.7. The van der Waals surface area contributed by atoms with Gasteiger partial charge in [-0.05, 0) is 13.0 Å². The molecule has 1 aromatic heterocycles. The molecule has 0 aliphatic carbocycles. The highest BCUT2D eigenvalue weighted by atomic mass is 35.5. The van der Waals surface area contributed by atoms with Gasteiger partial charge >= 0.3 is 0 Å². The van der Waals surface area contributed by atoms with Crippen LogP contribution in [0.5, 0.6) is 0 Å². The number of aromatic nitrogens is 2. The minimum atomic E-state index is -1.21. The molecule has 1 atom stereocenters. The van der Waals surface area contributed by atoms with Crippen molar-refractivity contribution in [2.75, 3.05) is 0 Å². The minimum Gasteiger partial charge on any atom is -0.338 e. The minimum absolute atomic E-state index is 0.147. The maximum Gasteiger partial charge on any atom is 0.240 e. The maximum absolute atomic E-state index is 13.5. The summed E-state index contributed by atoms with van der Waals surface area (Å²) in [5.41, 5.74) is 6.26. The van der Waals surface area contributed by atoms with Crippen LogP contribution in [0.2, 0.25) is 5.02 Å². The standard InChI is InChI=1S/C11H11ClFN3O/c1-6(13)10-7(3-2-4-8(10)12)11-15-9(5-14)17-16-11/h2-4,6H,5,14H2,1H3. The third-order valence-corrected chi connectivity index (χ3v) is 2.66. The van der Waals surface area contributed by atoms with Crippen molar-refractivity contribution in [2.24, 2.45) is 5.73 Å². The van der Waals surface area contributed by atoms with E-state index in [0.29, 0.717) is 27.9 Å². The Morgan fingerprint density at radius 3 is 2.88 bits per heavy atom. The summed E-state index contributed by atoms with van der Waals surface area (Å²) in [7, 11) is 0. The van der Waals surface area contributed by atoms with Crippen LogP contribution in [-0.4, -0.2) is 10.1 Å². The zero-order chi connectivity index (χ0) is 12.4. The van der Waals surface area contributed by atoms with E-state index in [0.717, 1.165) is 0 Å². The number of hydrogen-bond donors (Lipinski definition) is 1. The smallest absolute Gasteiger partial charge is 0.240 e. The monoisotopic (exact) mass is 255 g/mol. The van der Waals surface area contributed by atoms with Gasteiger partial charge in [0, 0.05) is 16.1 Å². The Bertz CT molecular complexity index is 527. The number of rotatable bonds is 3. The van der Waals surface area contributed by atoms with Gasteiger partial charge in [0.2, 0.25) is 11.7 Å². The average molecular weight is 256 g/mol. The van der Waals surface area contributed by atoms with Crippen LogP contribution in [0.4, 0.5) is 4.39 Å². The average Bonchev–Trinajstić information content (AvgIpc) is 2.76. The molecule has 1 heterocycles. The summed E-state index contributed by atoms with van der Waals surface area (Å²) in [6, 6.07) is 5.03. The summed E-state index contributed by atoms with van der Waals surface area (Å²) >= 11 is 5.96. The summed E-state index contributed by atoms with van der Waals surface area (Å²) in [5.74, 6) is 0.602. The second kappa shape index (κ2) is 4.81. The molecule has 0 saturated carbocycles. The van der Waals surface area contributed by atoms with Crippen LogP contribution >= 0.6 is 11.6 Å². The van der Waals surface area contributed by atoms with Gasteiger partial charge in [-0.2, -0.15) is 4.98 Å². The first-order chi connectivity index (χ1) is 8.13. The zero-order valence-electron chi connectivity index (χ0n) is 9.15. The van der Waals surface area contributed by atoms with Crippen molar-refractivity contribution < 1.29 is 8.91 Å². The number of benzene rings is 1. The van der Waals surface area contributed by atoms with Gasteiger partial charge in [0.25, 0.3) is 0 Å². The lowest BCUT2D eigenvalue weighted by Gasteiger charge is -2.09. The molecule has 4 nitrogen and oxygen atoms in total. The lowest BCUT2D eigenvalue weighted by molar-refractivity contribution is 0.373. The summed E-state index contributed by atoms with van der Waals surface area (Å²) in [6.07, 6.45) is -1.21. The van der Waals surface area contributed by atoms with Crippen LogP contribution in [-0.2, 0) is 6.54 Å². The molecular weight excluding hydrogens is 245 g/mol. The van der Waals surface area contributed by atoms with Crippen LogP contribution in [0.1, 0.15) is 24.5 Å². The van der Waals surface area contributed by atoms with E-state index in [9.17, 15) is 4.39 Å². The van der Waals surface area contributed by atoms with Crippen molar-refractivity contribution in [3.63, 3.8) is 0 Å². The van der Waals surface area contributed by atoms with E-state index in [1.54, 1.807) is 18.2 Å². The second-order valence-electron chi connectivity index (χ2n) is 3.53. The van der Waals surface area contributed by atoms with Crippen molar-refractivity contribution in [1.29, 1.82) is 0 Å². The van der Waals surface area contributed by atoms with Crippen LogP contribution < -0.4 is 5.73 Å². The van der Waals surface area contributed by atoms with Gasteiger partial charge in [0.1, 0.15) is 6.17 Å². The summed E-state index contributed by atoms with van der Waals surface area (Å²) < 4.78 is 18.4. The SMILES string of the molecule is CC(F)c1c(Cl)cccc1-c1noc(CN)n1.